The fourth-order valence-electron chi connectivity index (χ4n) is 3.44. The van der Waals surface area contributed by atoms with Crippen molar-refractivity contribution in [3.05, 3.63) is 118 Å². The van der Waals surface area contributed by atoms with Gasteiger partial charge in [-0.1, -0.05) is 54.1 Å². The van der Waals surface area contributed by atoms with Crippen molar-refractivity contribution in [3.8, 4) is 0 Å². The monoisotopic (exact) mass is 628 g/mol. The summed E-state index contributed by atoms with van der Waals surface area (Å²) in [5, 5.41) is 6.65. The number of rotatable bonds is 9. The Morgan fingerprint density at radius 1 is 0.897 bits per heavy atom. The number of nitrogens with zero attached hydrogens (tertiary/aromatic N) is 2. The number of halogens is 2. The Morgan fingerprint density at radius 3 is 2.31 bits per heavy atom. The van der Waals surface area contributed by atoms with Gasteiger partial charge in [0.05, 0.1) is 23.3 Å². The number of amides is 2. The molecule has 0 aliphatic rings. The summed E-state index contributed by atoms with van der Waals surface area (Å²) in [4.78, 5) is 24.3. The Balaban J connectivity index is 1.43. The average molecular weight is 630 g/mol. The zero-order chi connectivity index (χ0) is 27.8. The first-order valence-corrected chi connectivity index (χ1v) is 14.1. The van der Waals surface area contributed by atoms with Gasteiger partial charge in [0.15, 0.2) is 0 Å². The van der Waals surface area contributed by atoms with Crippen LogP contribution in [0.1, 0.15) is 17.1 Å². The van der Waals surface area contributed by atoms with Gasteiger partial charge in [0.2, 0.25) is 10.0 Å². The highest BCUT2D eigenvalue weighted by Gasteiger charge is 2.26. The molecular weight excluding hydrogens is 608 g/mol. The van der Waals surface area contributed by atoms with Gasteiger partial charge >= 0.3 is 11.8 Å². The molecule has 0 unspecified atom stereocenters. The standard InChI is InChI=1S/C27H22BrClN4O5S/c28-24-8-4-5-9-25(24)31-26(34)27(35)32-30-16-21-12-13-22(38-21)18-33(17-19-6-2-1-3-7-19)39(36,37)23-14-10-20(29)11-15-23/h1-16H,17-18H2,(H,31,34)(H,32,35)/b30-16+. The number of hydrogen-bond donors (Lipinski definition) is 2. The van der Waals surface area contributed by atoms with E-state index < -0.39 is 21.8 Å². The smallest absolute Gasteiger partial charge is 0.329 e. The van der Waals surface area contributed by atoms with Crippen molar-refractivity contribution in [2.75, 3.05) is 5.32 Å². The number of hydrogen-bond acceptors (Lipinski definition) is 6. The van der Waals surface area contributed by atoms with Crippen molar-refractivity contribution in [1.82, 2.24) is 9.73 Å². The molecule has 0 atom stereocenters. The summed E-state index contributed by atoms with van der Waals surface area (Å²) >= 11 is 9.23. The quantitative estimate of drug-likeness (QED) is 0.150. The van der Waals surface area contributed by atoms with Crippen molar-refractivity contribution in [1.29, 1.82) is 0 Å². The number of para-hydroxylation sites is 1. The fourth-order valence-corrected chi connectivity index (χ4v) is 5.34. The molecule has 200 valence electrons. The second-order valence-electron chi connectivity index (χ2n) is 8.15. The maximum atomic E-state index is 13.4. The van der Waals surface area contributed by atoms with Crippen LogP contribution in [0.15, 0.2) is 110 Å². The molecule has 0 saturated heterocycles. The molecule has 0 spiro atoms. The summed E-state index contributed by atoms with van der Waals surface area (Å²) in [6.45, 7) is 0.0486. The van der Waals surface area contributed by atoms with Crippen molar-refractivity contribution < 1.29 is 22.4 Å². The lowest BCUT2D eigenvalue weighted by Gasteiger charge is -2.21. The lowest BCUT2D eigenvalue weighted by atomic mass is 10.2. The van der Waals surface area contributed by atoms with Crippen LogP contribution in [0.3, 0.4) is 0 Å². The molecule has 3 aromatic carbocycles. The van der Waals surface area contributed by atoms with Crippen LogP contribution in [-0.2, 0) is 32.7 Å². The number of furan rings is 1. The summed E-state index contributed by atoms with van der Waals surface area (Å²) in [6, 6.07) is 25.1. The van der Waals surface area contributed by atoms with Gasteiger partial charge in [-0.2, -0.15) is 9.41 Å². The summed E-state index contributed by atoms with van der Waals surface area (Å²) in [7, 11) is -3.90. The third-order valence-corrected chi connectivity index (χ3v) is 8.10. The lowest BCUT2D eigenvalue weighted by molar-refractivity contribution is -0.136. The molecule has 2 N–H and O–H groups in total. The fraction of sp³-hybridized carbons (Fsp3) is 0.0741. The Kier molecular flexibility index (Phi) is 9.31. The minimum Gasteiger partial charge on any atom is -0.459 e. The van der Waals surface area contributed by atoms with Crippen LogP contribution in [0.25, 0.3) is 0 Å². The Hall–Kier alpha value is -3.77. The second kappa shape index (κ2) is 12.9. The SMILES string of the molecule is O=C(N/N=C/c1ccc(CN(Cc2ccccc2)S(=O)(=O)c2ccc(Cl)cc2)o1)C(=O)Nc1ccccc1Br. The van der Waals surface area contributed by atoms with E-state index in [0.29, 0.717) is 20.9 Å². The number of carbonyl (C=O) groups excluding carboxylic acids is 2. The first kappa shape index (κ1) is 28.2. The van der Waals surface area contributed by atoms with Gasteiger partial charge in [-0.3, -0.25) is 9.59 Å². The van der Waals surface area contributed by atoms with E-state index in [9.17, 15) is 18.0 Å². The third-order valence-electron chi connectivity index (χ3n) is 5.35. The normalized spacial score (nSPS) is 11.6. The molecule has 0 bridgehead atoms. The van der Waals surface area contributed by atoms with Crippen molar-refractivity contribution in [2.45, 2.75) is 18.0 Å². The second-order valence-corrected chi connectivity index (χ2v) is 11.4. The van der Waals surface area contributed by atoms with Gasteiger partial charge in [0.1, 0.15) is 11.5 Å². The van der Waals surface area contributed by atoms with Crippen LogP contribution in [0.2, 0.25) is 5.02 Å². The first-order valence-electron chi connectivity index (χ1n) is 11.5. The van der Waals surface area contributed by atoms with Crippen molar-refractivity contribution >= 4 is 61.3 Å². The number of hydrazone groups is 1. The highest BCUT2D eigenvalue weighted by atomic mass is 79.9. The van der Waals surface area contributed by atoms with E-state index in [0.717, 1.165) is 5.56 Å². The van der Waals surface area contributed by atoms with Crippen molar-refractivity contribution in [3.63, 3.8) is 0 Å². The molecule has 0 radical (unpaired) electrons. The van der Waals surface area contributed by atoms with Crippen LogP contribution >= 0.6 is 27.5 Å². The van der Waals surface area contributed by atoms with Crippen LogP contribution in [0.5, 0.6) is 0 Å². The van der Waals surface area contributed by atoms with Gasteiger partial charge in [-0.05, 0) is 70.0 Å². The zero-order valence-electron chi connectivity index (χ0n) is 20.3. The van der Waals surface area contributed by atoms with E-state index in [2.05, 4.69) is 31.8 Å². The topological polar surface area (TPSA) is 121 Å². The van der Waals surface area contributed by atoms with E-state index in [1.54, 1.807) is 36.4 Å². The van der Waals surface area contributed by atoms with Gasteiger partial charge in [-0.25, -0.2) is 13.8 Å². The molecule has 2 amide bonds. The molecule has 9 nitrogen and oxygen atoms in total. The first-order chi connectivity index (χ1) is 18.7. The van der Waals surface area contributed by atoms with Crippen LogP contribution in [0, 0.1) is 0 Å². The van der Waals surface area contributed by atoms with Gasteiger partial charge in [0.25, 0.3) is 0 Å². The number of anilines is 1. The largest absolute Gasteiger partial charge is 0.459 e. The number of nitrogens with one attached hydrogen (secondary N) is 2. The minimum absolute atomic E-state index is 0.0611. The summed E-state index contributed by atoms with van der Waals surface area (Å²) in [6.07, 6.45) is 1.21. The zero-order valence-corrected chi connectivity index (χ0v) is 23.4. The van der Waals surface area contributed by atoms with E-state index in [1.165, 1.54) is 34.8 Å². The Bertz CT molecular complexity index is 1590. The van der Waals surface area contributed by atoms with E-state index in [4.69, 9.17) is 16.0 Å². The van der Waals surface area contributed by atoms with Gasteiger partial charge in [0, 0.05) is 16.0 Å². The molecule has 1 aromatic heterocycles. The Morgan fingerprint density at radius 2 is 1.59 bits per heavy atom. The Labute approximate surface area is 238 Å². The minimum atomic E-state index is -3.90. The maximum Gasteiger partial charge on any atom is 0.329 e. The average Bonchev–Trinajstić information content (AvgIpc) is 3.37. The molecule has 4 rings (SSSR count). The van der Waals surface area contributed by atoms with Crippen molar-refractivity contribution in [2.24, 2.45) is 5.10 Å². The number of benzene rings is 3. The molecule has 1 heterocycles. The van der Waals surface area contributed by atoms with E-state index >= 15 is 0 Å². The molecule has 4 aromatic rings. The van der Waals surface area contributed by atoms with Gasteiger partial charge < -0.3 is 9.73 Å². The molecule has 12 heteroatoms. The molecule has 39 heavy (non-hydrogen) atoms. The molecular formula is C27H22BrClN4O5S. The maximum absolute atomic E-state index is 13.4. The van der Waals surface area contributed by atoms with E-state index in [1.807, 2.05) is 30.3 Å². The molecule has 0 aliphatic carbocycles. The summed E-state index contributed by atoms with van der Waals surface area (Å²) < 4.78 is 34.5. The van der Waals surface area contributed by atoms with E-state index in [-0.39, 0.29) is 23.7 Å². The predicted molar refractivity (Wildman–Crippen MR) is 152 cm³/mol. The highest BCUT2D eigenvalue weighted by molar-refractivity contribution is 9.10. The summed E-state index contributed by atoms with van der Waals surface area (Å²) in [5.74, 6) is -1.27. The van der Waals surface area contributed by atoms with Gasteiger partial charge in [-0.15, -0.1) is 0 Å². The number of carbonyl (C=O) groups is 2. The van der Waals surface area contributed by atoms with Crippen LogP contribution in [0.4, 0.5) is 5.69 Å². The third kappa shape index (κ3) is 7.64. The number of sulfonamides is 1. The van der Waals surface area contributed by atoms with Crippen LogP contribution in [-0.4, -0.2) is 30.8 Å². The molecule has 0 fully saturated rings. The highest BCUT2D eigenvalue weighted by Crippen LogP contribution is 2.24. The lowest BCUT2D eigenvalue weighted by Crippen LogP contribution is -2.32. The molecule has 0 saturated carbocycles. The molecule has 0 aliphatic heterocycles. The summed E-state index contributed by atoms with van der Waals surface area (Å²) in [5.41, 5.74) is 3.36. The van der Waals surface area contributed by atoms with Crippen LogP contribution < -0.4 is 10.7 Å². The predicted octanol–water partition coefficient (Wildman–Crippen LogP) is 5.18.